The highest BCUT2D eigenvalue weighted by molar-refractivity contribution is 5.73. The van der Waals surface area contributed by atoms with Gasteiger partial charge in [-0.25, -0.2) is 0 Å². The van der Waals surface area contributed by atoms with E-state index in [2.05, 4.69) is 48.2 Å². The molecule has 3 aliphatic rings. The summed E-state index contributed by atoms with van der Waals surface area (Å²) in [5.41, 5.74) is 7.80. The lowest BCUT2D eigenvalue weighted by molar-refractivity contribution is -0.156. The average Bonchev–Trinajstić information content (AvgIpc) is 2.82. The zero-order chi connectivity index (χ0) is 21.0. The van der Waals surface area contributed by atoms with Gasteiger partial charge in [-0.15, -0.1) is 0 Å². The van der Waals surface area contributed by atoms with Crippen LogP contribution in [0.1, 0.15) is 84.7 Å². The van der Waals surface area contributed by atoms with Crippen molar-refractivity contribution in [2.45, 2.75) is 83.2 Å². The van der Waals surface area contributed by atoms with Crippen LogP contribution in [0.2, 0.25) is 0 Å². The molecule has 2 aromatic rings. The van der Waals surface area contributed by atoms with Gasteiger partial charge in [-0.2, -0.15) is 0 Å². The zero-order valence-corrected chi connectivity index (χ0v) is 18.4. The van der Waals surface area contributed by atoms with Crippen LogP contribution in [0.15, 0.2) is 36.4 Å². The highest BCUT2D eigenvalue weighted by atomic mass is 16.5. The number of carbonyl (C=O) groups excluding carboxylic acids is 1. The third-order valence-corrected chi connectivity index (χ3v) is 7.30. The van der Waals surface area contributed by atoms with Crippen molar-refractivity contribution in [2.24, 2.45) is 5.92 Å². The van der Waals surface area contributed by atoms with Crippen LogP contribution in [0, 0.1) is 17.8 Å². The second-order valence-electron chi connectivity index (χ2n) is 9.56. The second kappa shape index (κ2) is 9.31. The SMILES string of the molecule is O=C(OC1CCCCC1)C1CCc2cc(C#Cc3ccc4c(c3)CCCC4)ccc2C1. The van der Waals surface area contributed by atoms with Gasteiger partial charge in [0.25, 0.3) is 0 Å². The fourth-order valence-electron chi connectivity index (χ4n) is 5.43. The Morgan fingerprint density at radius 1 is 0.710 bits per heavy atom. The first-order valence-electron chi connectivity index (χ1n) is 12.2. The van der Waals surface area contributed by atoms with Gasteiger partial charge in [0.15, 0.2) is 0 Å². The molecule has 1 atom stereocenters. The normalized spacial score (nSPS) is 20.7. The van der Waals surface area contributed by atoms with Gasteiger partial charge in [0.05, 0.1) is 5.92 Å². The minimum Gasteiger partial charge on any atom is -0.462 e. The highest BCUT2D eigenvalue weighted by Crippen LogP contribution is 2.29. The molecule has 0 saturated heterocycles. The zero-order valence-electron chi connectivity index (χ0n) is 18.4. The van der Waals surface area contributed by atoms with Gasteiger partial charge in [0.1, 0.15) is 6.10 Å². The molecule has 0 aliphatic heterocycles. The van der Waals surface area contributed by atoms with E-state index in [4.69, 9.17) is 4.74 Å². The maximum atomic E-state index is 12.7. The van der Waals surface area contributed by atoms with Gasteiger partial charge in [0, 0.05) is 11.1 Å². The fraction of sp³-hybridized carbons (Fsp3) is 0.483. The Hall–Kier alpha value is -2.53. The predicted octanol–water partition coefficient (Wildman–Crippen LogP) is 5.95. The molecule has 0 N–H and O–H groups in total. The Labute approximate surface area is 186 Å². The molecule has 160 valence electrons. The maximum absolute atomic E-state index is 12.7. The van der Waals surface area contributed by atoms with E-state index in [-0.39, 0.29) is 18.0 Å². The molecule has 1 saturated carbocycles. The van der Waals surface area contributed by atoms with Crippen LogP contribution in [0.25, 0.3) is 0 Å². The van der Waals surface area contributed by atoms with Crippen LogP contribution < -0.4 is 0 Å². The number of rotatable bonds is 2. The van der Waals surface area contributed by atoms with Crippen molar-refractivity contribution in [2.75, 3.05) is 0 Å². The molecule has 1 fully saturated rings. The number of aryl methyl sites for hydroxylation is 3. The van der Waals surface area contributed by atoms with Crippen molar-refractivity contribution in [1.82, 2.24) is 0 Å². The highest BCUT2D eigenvalue weighted by Gasteiger charge is 2.28. The molecular weight excluding hydrogens is 380 g/mol. The van der Waals surface area contributed by atoms with Crippen molar-refractivity contribution in [1.29, 1.82) is 0 Å². The van der Waals surface area contributed by atoms with Crippen molar-refractivity contribution in [3.05, 3.63) is 69.8 Å². The van der Waals surface area contributed by atoms with Gasteiger partial charge in [-0.05, 0) is 117 Å². The minimum absolute atomic E-state index is 0.0156. The molecule has 2 aromatic carbocycles. The van der Waals surface area contributed by atoms with E-state index in [1.807, 2.05) is 0 Å². The van der Waals surface area contributed by atoms with Crippen LogP contribution in [-0.4, -0.2) is 12.1 Å². The number of carbonyl (C=O) groups is 1. The molecule has 0 bridgehead atoms. The number of esters is 1. The molecule has 2 heteroatoms. The number of ether oxygens (including phenoxy) is 1. The Morgan fingerprint density at radius 3 is 2.10 bits per heavy atom. The van der Waals surface area contributed by atoms with Crippen LogP contribution in [0.4, 0.5) is 0 Å². The molecule has 5 rings (SSSR count). The Kier molecular flexibility index (Phi) is 6.12. The minimum atomic E-state index is 0.0156. The third kappa shape index (κ3) is 4.87. The van der Waals surface area contributed by atoms with Crippen LogP contribution in [-0.2, 0) is 35.2 Å². The first kappa shape index (κ1) is 20.4. The van der Waals surface area contributed by atoms with Crippen molar-refractivity contribution < 1.29 is 9.53 Å². The van der Waals surface area contributed by atoms with Gasteiger partial charge in [-0.1, -0.05) is 30.4 Å². The van der Waals surface area contributed by atoms with E-state index < -0.39 is 0 Å². The fourth-order valence-corrected chi connectivity index (χ4v) is 5.43. The summed E-state index contributed by atoms with van der Waals surface area (Å²) >= 11 is 0. The van der Waals surface area contributed by atoms with E-state index in [0.29, 0.717) is 0 Å². The Morgan fingerprint density at radius 2 is 1.35 bits per heavy atom. The topological polar surface area (TPSA) is 26.3 Å². The summed E-state index contributed by atoms with van der Waals surface area (Å²) in [6, 6.07) is 13.2. The Bertz CT molecular complexity index is 1020. The molecular formula is C29H32O2. The standard InChI is InChI=1S/C29H32O2/c30-29(31-28-8-2-1-3-9-28)27-17-16-25-19-22(13-15-26(25)20-27)11-10-21-12-14-23-6-4-5-7-24(23)18-21/h12-15,18-19,27-28H,1-9,16-17,20H2. The van der Waals surface area contributed by atoms with E-state index >= 15 is 0 Å². The first-order chi connectivity index (χ1) is 15.2. The van der Waals surface area contributed by atoms with Gasteiger partial charge < -0.3 is 4.74 Å². The number of benzene rings is 2. The van der Waals surface area contributed by atoms with E-state index in [1.165, 1.54) is 67.2 Å². The van der Waals surface area contributed by atoms with E-state index in [0.717, 1.165) is 43.2 Å². The van der Waals surface area contributed by atoms with E-state index in [9.17, 15) is 4.79 Å². The molecule has 3 aliphatic carbocycles. The first-order valence-corrected chi connectivity index (χ1v) is 12.2. The quantitative estimate of drug-likeness (QED) is 0.450. The molecule has 1 unspecified atom stereocenters. The molecule has 2 nitrogen and oxygen atoms in total. The molecule has 0 amide bonds. The smallest absolute Gasteiger partial charge is 0.309 e. The van der Waals surface area contributed by atoms with E-state index in [1.54, 1.807) is 0 Å². The number of hydrogen-bond acceptors (Lipinski definition) is 2. The summed E-state index contributed by atoms with van der Waals surface area (Å²) < 4.78 is 5.84. The van der Waals surface area contributed by atoms with Crippen molar-refractivity contribution in [3.63, 3.8) is 0 Å². The lowest BCUT2D eigenvalue weighted by Gasteiger charge is -2.27. The number of hydrogen-bond donors (Lipinski definition) is 0. The average molecular weight is 413 g/mol. The second-order valence-corrected chi connectivity index (χ2v) is 9.56. The molecule has 0 heterocycles. The van der Waals surface area contributed by atoms with Crippen LogP contribution in [0.5, 0.6) is 0 Å². The summed E-state index contributed by atoms with van der Waals surface area (Å²) in [6.07, 6.45) is 13.6. The van der Waals surface area contributed by atoms with Crippen LogP contribution in [0.3, 0.4) is 0 Å². The van der Waals surface area contributed by atoms with Gasteiger partial charge >= 0.3 is 5.97 Å². The predicted molar refractivity (Wildman–Crippen MR) is 124 cm³/mol. The molecule has 0 aromatic heterocycles. The number of fused-ring (bicyclic) bond motifs is 2. The van der Waals surface area contributed by atoms with Gasteiger partial charge in [-0.3, -0.25) is 4.79 Å². The molecule has 31 heavy (non-hydrogen) atoms. The largest absolute Gasteiger partial charge is 0.462 e. The molecule has 0 spiro atoms. The third-order valence-electron chi connectivity index (χ3n) is 7.30. The summed E-state index contributed by atoms with van der Waals surface area (Å²) in [7, 11) is 0. The maximum Gasteiger partial charge on any atom is 0.309 e. The summed E-state index contributed by atoms with van der Waals surface area (Å²) in [4.78, 5) is 12.7. The van der Waals surface area contributed by atoms with Crippen LogP contribution >= 0.6 is 0 Å². The van der Waals surface area contributed by atoms with Crippen molar-refractivity contribution >= 4 is 5.97 Å². The molecule has 0 radical (unpaired) electrons. The summed E-state index contributed by atoms with van der Waals surface area (Å²) in [5, 5.41) is 0. The Balaban J connectivity index is 1.24. The lowest BCUT2D eigenvalue weighted by Crippen LogP contribution is -2.29. The van der Waals surface area contributed by atoms with Crippen molar-refractivity contribution in [3.8, 4) is 11.8 Å². The summed E-state index contributed by atoms with van der Waals surface area (Å²) in [5.74, 6) is 6.77. The monoisotopic (exact) mass is 412 g/mol. The van der Waals surface area contributed by atoms with Gasteiger partial charge in [0.2, 0.25) is 0 Å². The lowest BCUT2D eigenvalue weighted by atomic mass is 9.83. The summed E-state index contributed by atoms with van der Waals surface area (Å²) in [6.45, 7) is 0.